The van der Waals surface area contributed by atoms with Crippen molar-refractivity contribution >= 4 is 46.9 Å². The maximum atomic E-state index is 12.4. The van der Waals surface area contributed by atoms with Gasteiger partial charge in [0.15, 0.2) is 11.5 Å². The van der Waals surface area contributed by atoms with E-state index in [9.17, 15) is 4.79 Å². The lowest BCUT2D eigenvalue weighted by molar-refractivity contribution is 0.0955. The van der Waals surface area contributed by atoms with Crippen LogP contribution in [0, 0.1) is 0 Å². The quantitative estimate of drug-likeness (QED) is 0.209. The number of hydrogen-bond acceptors (Lipinski definition) is 5. The Balaban J connectivity index is 1.67. The third-order valence-corrected chi connectivity index (χ3v) is 5.56. The largest absolute Gasteiger partial charge is 0.494 e. The van der Waals surface area contributed by atoms with Gasteiger partial charge >= 0.3 is 0 Å². The summed E-state index contributed by atoms with van der Waals surface area (Å²) in [6.07, 6.45) is 2.39. The molecule has 1 amide bonds. The van der Waals surface area contributed by atoms with Gasteiger partial charge in [0, 0.05) is 21.2 Å². The SMILES string of the molecule is CCCOc1ccc(C(=O)N/N=C\c2cc(Cl)c(OCc3ccc(Cl)cc3Cl)c(OCC)c2)cc1. The lowest BCUT2D eigenvalue weighted by Gasteiger charge is -2.15. The van der Waals surface area contributed by atoms with E-state index >= 15 is 0 Å². The number of halogens is 3. The normalized spacial score (nSPS) is 10.9. The van der Waals surface area contributed by atoms with Crippen molar-refractivity contribution in [2.45, 2.75) is 26.9 Å². The molecule has 0 atom stereocenters. The topological polar surface area (TPSA) is 69.2 Å². The average Bonchev–Trinajstić information content (AvgIpc) is 2.83. The first-order valence-corrected chi connectivity index (χ1v) is 12.1. The molecule has 3 aromatic carbocycles. The van der Waals surface area contributed by atoms with E-state index in [1.165, 1.54) is 6.21 Å². The first kappa shape index (κ1) is 26.7. The van der Waals surface area contributed by atoms with Crippen LogP contribution < -0.4 is 19.6 Å². The minimum Gasteiger partial charge on any atom is -0.494 e. The first-order valence-electron chi connectivity index (χ1n) is 11.0. The standard InChI is InChI=1S/C26H25Cl3N2O4/c1-3-11-34-21-9-6-18(7-10-21)26(32)31-30-15-17-12-23(29)25(24(13-17)33-4-2)35-16-19-5-8-20(27)14-22(19)28/h5-10,12-15H,3-4,11,16H2,1-2H3,(H,31,32)/b30-15-. The number of carbonyl (C=O) groups is 1. The lowest BCUT2D eigenvalue weighted by atomic mass is 10.2. The summed E-state index contributed by atoms with van der Waals surface area (Å²) >= 11 is 18.7. The zero-order chi connectivity index (χ0) is 25.2. The Kier molecular flexibility index (Phi) is 10.1. The van der Waals surface area contributed by atoms with E-state index < -0.39 is 0 Å². The van der Waals surface area contributed by atoms with Crippen LogP contribution in [-0.2, 0) is 6.61 Å². The van der Waals surface area contributed by atoms with Gasteiger partial charge in [0.2, 0.25) is 0 Å². The molecule has 0 fully saturated rings. The fourth-order valence-corrected chi connectivity index (χ4v) is 3.74. The van der Waals surface area contributed by atoms with Crippen LogP contribution in [0.5, 0.6) is 17.2 Å². The summed E-state index contributed by atoms with van der Waals surface area (Å²) in [5.41, 5.74) is 4.35. The Morgan fingerprint density at radius 3 is 2.40 bits per heavy atom. The maximum Gasteiger partial charge on any atom is 0.271 e. The molecule has 6 nitrogen and oxygen atoms in total. The molecule has 0 aliphatic heterocycles. The van der Waals surface area contributed by atoms with Crippen molar-refractivity contribution < 1.29 is 19.0 Å². The van der Waals surface area contributed by atoms with Crippen LogP contribution in [0.2, 0.25) is 15.1 Å². The van der Waals surface area contributed by atoms with Gasteiger partial charge < -0.3 is 14.2 Å². The molecule has 9 heteroatoms. The molecule has 0 unspecified atom stereocenters. The summed E-state index contributed by atoms with van der Waals surface area (Å²) in [5, 5.41) is 5.40. The number of hydrazone groups is 1. The summed E-state index contributed by atoms with van der Waals surface area (Å²) in [4.78, 5) is 12.4. The molecular weight excluding hydrogens is 511 g/mol. The van der Waals surface area contributed by atoms with E-state index in [2.05, 4.69) is 10.5 Å². The molecule has 1 N–H and O–H groups in total. The summed E-state index contributed by atoms with van der Waals surface area (Å²) in [5.74, 6) is 1.19. The third kappa shape index (κ3) is 7.79. The minimum absolute atomic E-state index is 0.182. The zero-order valence-electron chi connectivity index (χ0n) is 19.3. The molecule has 35 heavy (non-hydrogen) atoms. The molecule has 3 rings (SSSR count). The van der Waals surface area contributed by atoms with E-state index in [4.69, 9.17) is 49.0 Å². The first-order chi connectivity index (χ1) is 16.9. The number of hydrogen-bond donors (Lipinski definition) is 1. The summed E-state index contributed by atoms with van der Waals surface area (Å²) in [6.45, 7) is 5.10. The highest BCUT2D eigenvalue weighted by Gasteiger charge is 2.14. The molecule has 0 saturated heterocycles. The number of rotatable bonds is 11. The lowest BCUT2D eigenvalue weighted by Crippen LogP contribution is -2.17. The Morgan fingerprint density at radius 1 is 0.943 bits per heavy atom. The van der Waals surface area contributed by atoms with Gasteiger partial charge in [-0.05, 0) is 67.4 Å². The van der Waals surface area contributed by atoms with Gasteiger partial charge in [-0.25, -0.2) is 5.43 Å². The molecule has 0 aromatic heterocycles. The number of amides is 1. The zero-order valence-corrected chi connectivity index (χ0v) is 21.6. The summed E-state index contributed by atoms with van der Waals surface area (Å²) < 4.78 is 17.1. The molecule has 184 valence electrons. The van der Waals surface area contributed by atoms with Crippen molar-refractivity contribution in [3.05, 3.63) is 86.4 Å². The number of nitrogens with one attached hydrogen (secondary N) is 1. The third-order valence-electron chi connectivity index (χ3n) is 4.69. The molecule has 0 saturated carbocycles. The number of nitrogens with zero attached hydrogens (tertiary/aromatic N) is 1. The van der Waals surface area contributed by atoms with E-state index in [-0.39, 0.29) is 12.5 Å². The summed E-state index contributed by atoms with van der Waals surface area (Å²) in [7, 11) is 0. The van der Waals surface area contributed by atoms with Gasteiger partial charge in [0.25, 0.3) is 5.91 Å². The van der Waals surface area contributed by atoms with Crippen LogP contribution in [-0.4, -0.2) is 25.3 Å². The van der Waals surface area contributed by atoms with Gasteiger partial charge in [0.1, 0.15) is 12.4 Å². The van der Waals surface area contributed by atoms with E-state index in [0.29, 0.717) is 56.7 Å². The van der Waals surface area contributed by atoms with Crippen molar-refractivity contribution in [2.75, 3.05) is 13.2 Å². The smallest absolute Gasteiger partial charge is 0.271 e. The van der Waals surface area contributed by atoms with Gasteiger partial charge in [0.05, 0.1) is 24.5 Å². The van der Waals surface area contributed by atoms with E-state index in [1.807, 2.05) is 13.8 Å². The maximum absolute atomic E-state index is 12.4. The van der Waals surface area contributed by atoms with Crippen LogP contribution in [0.4, 0.5) is 0 Å². The fraction of sp³-hybridized carbons (Fsp3) is 0.231. The van der Waals surface area contributed by atoms with Crippen LogP contribution in [0.15, 0.2) is 59.7 Å². The molecule has 0 radical (unpaired) electrons. The van der Waals surface area contributed by atoms with Crippen LogP contribution in [0.1, 0.15) is 41.8 Å². The fourth-order valence-electron chi connectivity index (χ4n) is 3.01. The molecule has 0 aliphatic rings. The van der Waals surface area contributed by atoms with Crippen molar-refractivity contribution in [1.82, 2.24) is 5.43 Å². The van der Waals surface area contributed by atoms with Gasteiger partial charge in [-0.15, -0.1) is 0 Å². The number of benzene rings is 3. The van der Waals surface area contributed by atoms with Gasteiger partial charge in [-0.1, -0.05) is 47.8 Å². The molecule has 3 aromatic rings. The highest BCUT2D eigenvalue weighted by molar-refractivity contribution is 6.35. The second-order valence-corrected chi connectivity index (χ2v) is 8.61. The molecular formula is C26H25Cl3N2O4. The van der Waals surface area contributed by atoms with Gasteiger partial charge in [-0.3, -0.25) is 4.79 Å². The number of ether oxygens (including phenoxy) is 3. The Bertz CT molecular complexity index is 1180. The second kappa shape index (κ2) is 13.2. The van der Waals surface area contributed by atoms with Crippen molar-refractivity contribution in [3.63, 3.8) is 0 Å². The molecule has 0 aliphatic carbocycles. The molecule has 0 heterocycles. The highest BCUT2D eigenvalue weighted by Crippen LogP contribution is 2.37. The van der Waals surface area contributed by atoms with Crippen LogP contribution in [0.25, 0.3) is 0 Å². The predicted molar refractivity (Wildman–Crippen MR) is 141 cm³/mol. The summed E-state index contributed by atoms with van der Waals surface area (Å²) in [6, 6.07) is 15.4. The van der Waals surface area contributed by atoms with Crippen LogP contribution in [0.3, 0.4) is 0 Å². The molecule has 0 bridgehead atoms. The monoisotopic (exact) mass is 534 g/mol. The Hall–Kier alpha value is -2.93. The highest BCUT2D eigenvalue weighted by atomic mass is 35.5. The second-order valence-electron chi connectivity index (χ2n) is 7.36. The van der Waals surface area contributed by atoms with Crippen molar-refractivity contribution in [1.29, 1.82) is 0 Å². The van der Waals surface area contributed by atoms with Crippen molar-refractivity contribution in [3.8, 4) is 17.2 Å². The van der Waals surface area contributed by atoms with Crippen LogP contribution >= 0.6 is 34.8 Å². The Morgan fingerprint density at radius 2 is 1.71 bits per heavy atom. The van der Waals surface area contributed by atoms with Gasteiger partial charge in [-0.2, -0.15) is 5.10 Å². The van der Waals surface area contributed by atoms with E-state index in [0.717, 1.165) is 12.0 Å². The minimum atomic E-state index is -0.348. The molecule has 0 spiro atoms. The predicted octanol–water partition coefficient (Wildman–Crippen LogP) is 7.18. The van der Waals surface area contributed by atoms with E-state index in [1.54, 1.807) is 54.6 Å². The average molecular weight is 536 g/mol. The number of carbonyl (C=O) groups excluding carboxylic acids is 1. The Labute approximate surface area is 219 Å². The van der Waals surface area contributed by atoms with Crippen molar-refractivity contribution in [2.24, 2.45) is 5.10 Å².